The molecular weight excluding hydrogens is 182 g/mol. The molecule has 12 heavy (non-hydrogen) atoms. The molecule has 0 bridgehead atoms. The largest absolute Gasteiger partial charge is 0.326 e. The number of amides is 1. The van der Waals surface area contributed by atoms with Crippen molar-refractivity contribution in [3.8, 4) is 0 Å². The molecule has 0 fully saturated rings. The van der Waals surface area contributed by atoms with Crippen LogP contribution >= 0.6 is 0 Å². The van der Waals surface area contributed by atoms with Gasteiger partial charge >= 0.3 is 11.4 Å². The molecule has 0 aliphatic carbocycles. The molecule has 0 saturated heterocycles. The van der Waals surface area contributed by atoms with Crippen molar-refractivity contribution in [3.05, 3.63) is 12.7 Å². The van der Waals surface area contributed by atoms with E-state index in [9.17, 15) is 9.00 Å². The minimum absolute atomic E-state index is 0.409. The van der Waals surface area contributed by atoms with E-state index in [1.54, 1.807) is 6.92 Å². The highest BCUT2D eigenvalue weighted by molar-refractivity contribution is 7.74. The first-order chi connectivity index (χ1) is 5.60. The second kappa shape index (κ2) is 5.87. The number of hydrogen-bond donors (Lipinski definition) is 2. The average Bonchev–Trinajstić information content (AvgIpc) is 2.02. The molecule has 0 aromatic rings. The van der Waals surface area contributed by atoms with Crippen molar-refractivity contribution in [2.45, 2.75) is 19.6 Å². The third-order valence-electron chi connectivity index (χ3n) is 1.06. The summed E-state index contributed by atoms with van der Waals surface area (Å²) in [7, 11) is 0. The van der Waals surface area contributed by atoms with Crippen LogP contribution in [0.15, 0.2) is 12.7 Å². The summed E-state index contributed by atoms with van der Waals surface area (Å²) < 4.78 is 22.9. The molecule has 1 amide bonds. The summed E-state index contributed by atoms with van der Waals surface area (Å²) in [6, 6.07) is 0. The van der Waals surface area contributed by atoms with Crippen LogP contribution in [-0.2, 0) is 20.3 Å². The fraction of sp³-hybridized carbons (Fsp3) is 0.500. The highest BCUT2D eigenvalue weighted by Gasteiger charge is 2.10. The van der Waals surface area contributed by atoms with Gasteiger partial charge in [0.2, 0.25) is 5.91 Å². The van der Waals surface area contributed by atoms with Gasteiger partial charge in [-0.3, -0.25) is 9.35 Å². The van der Waals surface area contributed by atoms with Crippen LogP contribution in [0.4, 0.5) is 0 Å². The van der Waals surface area contributed by atoms with E-state index in [4.69, 9.17) is 4.55 Å². The van der Waals surface area contributed by atoms with Crippen molar-refractivity contribution in [3.63, 3.8) is 0 Å². The molecule has 0 heterocycles. The Bertz CT molecular complexity index is 194. The van der Waals surface area contributed by atoms with Gasteiger partial charge in [0.1, 0.15) is 6.23 Å². The molecule has 2 unspecified atom stereocenters. The Kier molecular flexibility index (Phi) is 5.52. The Morgan fingerprint density at radius 2 is 2.50 bits per heavy atom. The van der Waals surface area contributed by atoms with Gasteiger partial charge in [0.05, 0.1) is 0 Å². The first-order valence-electron chi connectivity index (χ1n) is 3.31. The maximum absolute atomic E-state index is 10.7. The summed E-state index contributed by atoms with van der Waals surface area (Å²) in [5.41, 5.74) is 0. The molecule has 0 rings (SSSR count). The Morgan fingerprint density at radius 1 is 1.92 bits per heavy atom. The normalized spacial score (nSPS) is 14.8. The standard InChI is InChI=1S/C6H11NO4S/c1-3-5(8)7-6(4-2)11-12(9)10/h3,6H,1,4H2,2H3,(H,7,8)(H,9,10). The van der Waals surface area contributed by atoms with E-state index in [-0.39, 0.29) is 0 Å². The van der Waals surface area contributed by atoms with Crippen LogP contribution in [0.3, 0.4) is 0 Å². The maximum Gasteiger partial charge on any atom is 0.303 e. The third-order valence-corrected chi connectivity index (χ3v) is 1.45. The van der Waals surface area contributed by atoms with E-state index in [1.807, 2.05) is 0 Å². The van der Waals surface area contributed by atoms with Gasteiger partial charge in [-0.1, -0.05) is 13.5 Å². The highest BCUT2D eigenvalue weighted by atomic mass is 32.2. The van der Waals surface area contributed by atoms with E-state index >= 15 is 0 Å². The number of carbonyl (C=O) groups excluding carboxylic acids is 1. The van der Waals surface area contributed by atoms with E-state index in [0.29, 0.717) is 6.42 Å². The maximum atomic E-state index is 10.7. The zero-order valence-electron chi connectivity index (χ0n) is 6.65. The predicted octanol–water partition coefficient (Wildman–Crippen LogP) is 0.178. The Labute approximate surface area is 73.3 Å². The van der Waals surface area contributed by atoms with Gasteiger partial charge in [0.15, 0.2) is 0 Å². The van der Waals surface area contributed by atoms with Gasteiger partial charge in [-0.15, -0.1) is 0 Å². The molecule has 2 atom stereocenters. The lowest BCUT2D eigenvalue weighted by Gasteiger charge is -2.12. The lowest BCUT2D eigenvalue weighted by Crippen LogP contribution is -2.35. The van der Waals surface area contributed by atoms with Crippen molar-refractivity contribution in [1.82, 2.24) is 5.32 Å². The van der Waals surface area contributed by atoms with Crippen molar-refractivity contribution < 1.29 is 17.7 Å². The summed E-state index contributed by atoms with van der Waals surface area (Å²) in [6.45, 7) is 4.93. The van der Waals surface area contributed by atoms with Crippen LogP contribution in [0.5, 0.6) is 0 Å². The predicted molar refractivity (Wildman–Crippen MR) is 44.3 cm³/mol. The summed E-state index contributed by atoms with van der Waals surface area (Å²) in [4.78, 5) is 10.7. The van der Waals surface area contributed by atoms with Crippen LogP contribution < -0.4 is 5.32 Å². The van der Waals surface area contributed by atoms with Gasteiger partial charge in [0, 0.05) is 0 Å². The third kappa shape index (κ3) is 5.00. The first-order valence-corrected chi connectivity index (χ1v) is 4.34. The second-order valence-corrected chi connectivity index (χ2v) is 2.55. The molecule has 5 nitrogen and oxygen atoms in total. The minimum Gasteiger partial charge on any atom is -0.326 e. The molecule has 0 aromatic heterocycles. The highest BCUT2D eigenvalue weighted by Crippen LogP contribution is 1.95. The number of nitrogens with one attached hydrogen (secondary N) is 1. The van der Waals surface area contributed by atoms with Gasteiger partial charge in [-0.2, -0.15) is 4.21 Å². The monoisotopic (exact) mass is 193 g/mol. The van der Waals surface area contributed by atoms with Crippen molar-refractivity contribution in [2.24, 2.45) is 0 Å². The summed E-state index contributed by atoms with van der Waals surface area (Å²) in [6.07, 6.45) is 0.722. The average molecular weight is 193 g/mol. The van der Waals surface area contributed by atoms with Crippen LogP contribution in [0.1, 0.15) is 13.3 Å². The van der Waals surface area contributed by atoms with Crippen LogP contribution in [0, 0.1) is 0 Å². The number of rotatable bonds is 5. The van der Waals surface area contributed by atoms with Crippen LogP contribution in [0.2, 0.25) is 0 Å². The molecule has 6 heteroatoms. The van der Waals surface area contributed by atoms with Crippen LogP contribution in [-0.4, -0.2) is 20.9 Å². The Morgan fingerprint density at radius 3 is 2.83 bits per heavy atom. The molecule has 0 aliphatic rings. The molecular formula is C6H11NO4S. The molecule has 2 N–H and O–H groups in total. The Balaban J connectivity index is 3.90. The summed E-state index contributed by atoms with van der Waals surface area (Å²) in [5.74, 6) is -0.438. The zero-order valence-corrected chi connectivity index (χ0v) is 7.47. The Hall–Kier alpha value is -0.720. The fourth-order valence-corrected chi connectivity index (χ4v) is 0.894. The molecule has 70 valence electrons. The molecule has 0 aromatic carbocycles. The molecule has 0 spiro atoms. The van der Waals surface area contributed by atoms with E-state index in [1.165, 1.54) is 0 Å². The van der Waals surface area contributed by atoms with Crippen molar-refractivity contribution >= 4 is 17.3 Å². The van der Waals surface area contributed by atoms with Gasteiger partial charge in [0.25, 0.3) is 0 Å². The summed E-state index contributed by atoms with van der Waals surface area (Å²) >= 11 is -2.36. The SMILES string of the molecule is C=CC(=O)NC(CC)OS(=O)O. The van der Waals surface area contributed by atoms with E-state index in [2.05, 4.69) is 16.1 Å². The zero-order chi connectivity index (χ0) is 9.56. The number of hydrogen-bond acceptors (Lipinski definition) is 3. The quantitative estimate of drug-likeness (QED) is 0.371. The van der Waals surface area contributed by atoms with Crippen molar-refractivity contribution in [2.75, 3.05) is 0 Å². The van der Waals surface area contributed by atoms with E-state index < -0.39 is 23.5 Å². The van der Waals surface area contributed by atoms with Gasteiger partial charge < -0.3 is 5.32 Å². The van der Waals surface area contributed by atoms with Gasteiger partial charge in [-0.05, 0) is 12.5 Å². The first kappa shape index (κ1) is 11.3. The number of carbonyl (C=O) groups is 1. The lowest BCUT2D eigenvalue weighted by molar-refractivity contribution is -0.118. The minimum atomic E-state index is -2.36. The fourth-order valence-electron chi connectivity index (χ4n) is 0.511. The smallest absolute Gasteiger partial charge is 0.303 e. The topological polar surface area (TPSA) is 75.6 Å². The van der Waals surface area contributed by atoms with Gasteiger partial charge in [-0.25, -0.2) is 4.18 Å². The van der Waals surface area contributed by atoms with Crippen LogP contribution in [0.25, 0.3) is 0 Å². The molecule has 0 aliphatic heterocycles. The molecule has 0 radical (unpaired) electrons. The van der Waals surface area contributed by atoms with E-state index in [0.717, 1.165) is 6.08 Å². The lowest BCUT2D eigenvalue weighted by atomic mass is 10.4. The molecule has 0 saturated carbocycles. The van der Waals surface area contributed by atoms with Crippen molar-refractivity contribution in [1.29, 1.82) is 0 Å². The summed E-state index contributed by atoms with van der Waals surface area (Å²) in [5, 5.41) is 2.32. The second-order valence-electron chi connectivity index (χ2n) is 1.92.